The zero-order valence-electron chi connectivity index (χ0n) is 14.6. The van der Waals surface area contributed by atoms with E-state index in [-0.39, 0.29) is 19.4 Å². The summed E-state index contributed by atoms with van der Waals surface area (Å²) in [5, 5.41) is 4.31. The van der Waals surface area contributed by atoms with E-state index in [1.54, 1.807) is 6.92 Å². The van der Waals surface area contributed by atoms with Gasteiger partial charge in [-0.15, -0.1) is 0 Å². The van der Waals surface area contributed by atoms with Crippen LogP contribution in [0.1, 0.15) is 71.6 Å². The fourth-order valence-corrected chi connectivity index (χ4v) is 2.91. The van der Waals surface area contributed by atoms with Crippen LogP contribution in [0.4, 0.5) is 4.79 Å². The fraction of sp³-hybridized carbons (Fsp3) is 0.765. The second kappa shape index (κ2) is 10.1. The van der Waals surface area contributed by atoms with E-state index >= 15 is 0 Å². The van der Waals surface area contributed by atoms with Crippen LogP contribution in [-0.2, 0) is 19.1 Å². The van der Waals surface area contributed by atoms with Crippen molar-refractivity contribution in [1.29, 1.82) is 0 Å². The fourth-order valence-electron chi connectivity index (χ4n) is 2.91. The minimum atomic E-state index is -1.37. The number of hydrogen-bond donors (Lipinski definition) is 2. The van der Waals surface area contributed by atoms with Crippen molar-refractivity contribution < 1.29 is 23.9 Å². The lowest BCUT2D eigenvalue weighted by molar-refractivity contribution is -0.148. The summed E-state index contributed by atoms with van der Waals surface area (Å²) in [5.74, 6) is -1.68. The maximum Gasteiger partial charge on any atom is 0.328 e. The van der Waals surface area contributed by atoms with Crippen molar-refractivity contribution in [1.82, 2.24) is 10.6 Å². The van der Waals surface area contributed by atoms with Crippen LogP contribution in [0.2, 0.25) is 0 Å². The lowest BCUT2D eigenvalue weighted by Crippen LogP contribution is -2.62. The SMILES string of the molecule is CCCCCCCCC1(CCC(=O)OCC)C(=O)NC(=O)NC1=O. The van der Waals surface area contributed by atoms with E-state index < -0.39 is 29.2 Å². The molecule has 0 radical (unpaired) electrons. The summed E-state index contributed by atoms with van der Waals surface area (Å²) in [4.78, 5) is 47.6. The summed E-state index contributed by atoms with van der Waals surface area (Å²) in [7, 11) is 0. The van der Waals surface area contributed by atoms with Crippen molar-refractivity contribution in [3.63, 3.8) is 0 Å². The van der Waals surface area contributed by atoms with Gasteiger partial charge in [-0.25, -0.2) is 4.79 Å². The number of nitrogens with one attached hydrogen (secondary N) is 2. The van der Waals surface area contributed by atoms with Gasteiger partial charge in [-0.3, -0.25) is 25.0 Å². The third-order valence-corrected chi connectivity index (χ3v) is 4.34. The predicted molar refractivity (Wildman–Crippen MR) is 88.0 cm³/mol. The van der Waals surface area contributed by atoms with Crippen LogP contribution in [0.3, 0.4) is 0 Å². The summed E-state index contributed by atoms with van der Waals surface area (Å²) in [6.07, 6.45) is 6.44. The average Bonchev–Trinajstić information content (AvgIpc) is 2.52. The first-order valence-corrected chi connectivity index (χ1v) is 8.78. The van der Waals surface area contributed by atoms with Crippen LogP contribution in [0.25, 0.3) is 0 Å². The Morgan fingerprint density at radius 2 is 1.50 bits per heavy atom. The smallest absolute Gasteiger partial charge is 0.328 e. The highest BCUT2D eigenvalue weighted by Gasteiger charge is 2.49. The molecule has 24 heavy (non-hydrogen) atoms. The minimum Gasteiger partial charge on any atom is -0.466 e. The van der Waals surface area contributed by atoms with Crippen LogP contribution in [0.15, 0.2) is 0 Å². The lowest BCUT2D eigenvalue weighted by Gasteiger charge is -2.33. The molecule has 7 heteroatoms. The molecule has 1 rings (SSSR count). The normalized spacial score (nSPS) is 16.5. The number of rotatable bonds is 11. The Hall–Kier alpha value is -1.92. The quantitative estimate of drug-likeness (QED) is 0.342. The van der Waals surface area contributed by atoms with Crippen LogP contribution in [0, 0.1) is 5.41 Å². The molecule has 0 aromatic heterocycles. The van der Waals surface area contributed by atoms with Gasteiger partial charge in [-0.1, -0.05) is 45.4 Å². The maximum absolute atomic E-state index is 12.3. The summed E-state index contributed by atoms with van der Waals surface area (Å²) in [6.45, 7) is 4.08. The predicted octanol–water partition coefficient (Wildman–Crippen LogP) is 2.43. The third kappa shape index (κ3) is 5.62. The van der Waals surface area contributed by atoms with E-state index in [0.29, 0.717) is 12.8 Å². The van der Waals surface area contributed by atoms with Crippen molar-refractivity contribution >= 4 is 23.8 Å². The molecule has 0 spiro atoms. The molecule has 0 bridgehead atoms. The van der Waals surface area contributed by atoms with Gasteiger partial charge in [-0.2, -0.15) is 0 Å². The van der Waals surface area contributed by atoms with E-state index in [2.05, 4.69) is 17.6 Å². The second-order valence-electron chi connectivity index (χ2n) is 6.14. The van der Waals surface area contributed by atoms with Gasteiger partial charge >= 0.3 is 12.0 Å². The highest BCUT2D eigenvalue weighted by molar-refractivity contribution is 6.19. The molecule has 1 saturated heterocycles. The molecule has 0 aromatic carbocycles. The first-order chi connectivity index (χ1) is 11.5. The molecule has 1 heterocycles. The minimum absolute atomic E-state index is 0.0291. The number of ether oxygens (including phenoxy) is 1. The van der Waals surface area contributed by atoms with E-state index in [1.165, 1.54) is 6.42 Å². The van der Waals surface area contributed by atoms with Crippen molar-refractivity contribution in [2.24, 2.45) is 5.41 Å². The Morgan fingerprint density at radius 3 is 2.08 bits per heavy atom. The van der Waals surface area contributed by atoms with Gasteiger partial charge in [0, 0.05) is 6.42 Å². The van der Waals surface area contributed by atoms with Crippen LogP contribution >= 0.6 is 0 Å². The molecule has 4 amide bonds. The molecule has 1 fully saturated rings. The molecule has 0 aromatic rings. The number of barbiturate groups is 1. The molecule has 0 atom stereocenters. The lowest BCUT2D eigenvalue weighted by atomic mass is 9.75. The van der Waals surface area contributed by atoms with Gasteiger partial charge in [0.2, 0.25) is 11.8 Å². The molecule has 7 nitrogen and oxygen atoms in total. The van der Waals surface area contributed by atoms with Crippen LogP contribution in [-0.4, -0.2) is 30.4 Å². The number of carbonyl (C=O) groups is 4. The molecule has 1 aliphatic heterocycles. The second-order valence-corrected chi connectivity index (χ2v) is 6.14. The van der Waals surface area contributed by atoms with Crippen molar-refractivity contribution in [2.45, 2.75) is 71.6 Å². The molecule has 136 valence electrons. The number of carbonyl (C=O) groups excluding carboxylic acids is 4. The van der Waals surface area contributed by atoms with E-state index in [1.807, 2.05) is 0 Å². The van der Waals surface area contributed by atoms with Gasteiger partial charge in [-0.05, 0) is 19.8 Å². The first-order valence-electron chi connectivity index (χ1n) is 8.78. The Labute approximate surface area is 142 Å². The summed E-state index contributed by atoms with van der Waals surface area (Å²) in [6, 6.07) is -0.806. The van der Waals surface area contributed by atoms with Gasteiger partial charge in [0.1, 0.15) is 5.41 Å². The molecule has 1 aliphatic rings. The number of urea groups is 1. The third-order valence-electron chi connectivity index (χ3n) is 4.34. The monoisotopic (exact) mass is 340 g/mol. The highest BCUT2D eigenvalue weighted by atomic mass is 16.5. The van der Waals surface area contributed by atoms with E-state index in [0.717, 1.165) is 25.7 Å². The average molecular weight is 340 g/mol. The molecule has 0 aliphatic carbocycles. The van der Waals surface area contributed by atoms with E-state index in [4.69, 9.17) is 4.74 Å². The summed E-state index contributed by atoms with van der Waals surface area (Å²) >= 11 is 0. The first kappa shape index (κ1) is 20.1. The van der Waals surface area contributed by atoms with Gasteiger partial charge in [0.25, 0.3) is 0 Å². The molecule has 0 unspecified atom stereocenters. The van der Waals surface area contributed by atoms with Crippen molar-refractivity contribution in [2.75, 3.05) is 6.61 Å². The van der Waals surface area contributed by atoms with E-state index in [9.17, 15) is 19.2 Å². The Kier molecular flexibility index (Phi) is 8.43. The Bertz CT molecular complexity index is 456. The Morgan fingerprint density at radius 1 is 0.917 bits per heavy atom. The number of amides is 4. The molecule has 0 saturated carbocycles. The van der Waals surface area contributed by atoms with Crippen LogP contribution < -0.4 is 10.6 Å². The van der Waals surface area contributed by atoms with Crippen molar-refractivity contribution in [3.05, 3.63) is 0 Å². The molecule has 2 N–H and O–H groups in total. The standard InChI is InChI=1S/C17H28N2O5/c1-3-5-6-7-8-9-11-17(12-10-13(20)24-4-2)14(21)18-16(23)19-15(17)22/h3-12H2,1-2H3,(H2,18,19,21,22,23). The zero-order chi connectivity index (χ0) is 18.0. The highest BCUT2D eigenvalue weighted by Crippen LogP contribution is 2.33. The topological polar surface area (TPSA) is 102 Å². The van der Waals surface area contributed by atoms with Gasteiger partial charge < -0.3 is 4.74 Å². The summed E-state index contributed by atoms with van der Waals surface area (Å²) < 4.78 is 4.87. The largest absolute Gasteiger partial charge is 0.466 e. The maximum atomic E-state index is 12.3. The molecular formula is C17H28N2O5. The number of unbranched alkanes of at least 4 members (excludes halogenated alkanes) is 5. The zero-order valence-corrected chi connectivity index (χ0v) is 14.6. The van der Waals surface area contributed by atoms with Crippen molar-refractivity contribution in [3.8, 4) is 0 Å². The number of esters is 1. The van der Waals surface area contributed by atoms with Gasteiger partial charge in [0.15, 0.2) is 0 Å². The summed E-state index contributed by atoms with van der Waals surface area (Å²) in [5.41, 5.74) is -1.37. The Balaban J connectivity index is 2.68. The molecular weight excluding hydrogens is 312 g/mol. The number of imide groups is 2. The van der Waals surface area contributed by atoms with Gasteiger partial charge in [0.05, 0.1) is 6.61 Å². The number of hydrogen-bond acceptors (Lipinski definition) is 5. The van der Waals surface area contributed by atoms with Crippen LogP contribution in [0.5, 0.6) is 0 Å².